The molecule has 0 aliphatic heterocycles. The molecule has 13 aromatic rings. The minimum atomic E-state index is 0.540. The van der Waals surface area contributed by atoms with Crippen molar-refractivity contribution in [3.8, 4) is 17.2 Å². The van der Waals surface area contributed by atoms with Gasteiger partial charge in [-0.25, -0.2) is 4.98 Å². The number of aromatic nitrogens is 3. The summed E-state index contributed by atoms with van der Waals surface area (Å²) < 4.78 is 15.2. The first-order valence-corrected chi connectivity index (χ1v) is 18.6. The van der Waals surface area contributed by atoms with E-state index >= 15 is 0 Å². The van der Waals surface area contributed by atoms with Crippen molar-refractivity contribution in [1.29, 1.82) is 0 Å². The van der Waals surface area contributed by atoms with E-state index in [4.69, 9.17) is 18.8 Å². The van der Waals surface area contributed by atoms with E-state index in [0.29, 0.717) is 11.7 Å². The molecule has 0 radical (unpaired) electrons. The third-order valence-electron chi connectivity index (χ3n) is 11.6. The predicted octanol–water partition coefficient (Wildman–Crippen LogP) is 13.7. The van der Waals surface area contributed by atoms with Crippen LogP contribution in [0.5, 0.6) is 0 Å². The van der Waals surface area contributed by atoms with E-state index in [1.54, 1.807) is 0 Å². The lowest BCUT2D eigenvalue weighted by Crippen LogP contribution is -2.03. The smallest absolute Gasteiger partial charge is 0.238 e. The Balaban J connectivity index is 1.21. The van der Waals surface area contributed by atoms with E-state index in [0.717, 1.165) is 76.7 Å². The second kappa shape index (κ2) is 10.6. The molecule has 0 spiro atoms. The van der Waals surface area contributed by atoms with Crippen molar-refractivity contribution in [3.63, 3.8) is 0 Å². The minimum absolute atomic E-state index is 0.540. The Morgan fingerprint density at radius 2 is 0.964 bits per heavy atom. The maximum absolute atomic E-state index is 6.59. The maximum Gasteiger partial charge on any atom is 0.238 e. The Bertz CT molecular complexity index is 3760. The molecule has 0 aliphatic carbocycles. The summed E-state index contributed by atoms with van der Waals surface area (Å²) in [6.45, 7) is 0. The van der Waals surface area contributed by atoms with Crippen LogP contribution in [0.1, 0.15) is 0 Å². The van der Waals surface area contributed by atoms with E-state index in [2.05, 4.69) is 132 Å². The topological polar surface area (TPSA) is 57.0 Å². The maximum atomic E-state index is 6.59. The van der Waals surface area contributed by atoms with Gasteiger partial charge in [-0.2, -0.15) is 4.98 Å². The van der Waals surface area contributed by atoms with Crippen molar-refractivity contribution >= 4 is 109 Å². The third kappa shape index (κ3) is 3.86. The SMILES string of the molecule is c1ccc2c(c1)ccc1c3c4c5ccccc5c5ccccc5c4ccc3n(-c3nc(-c4ccc5c(c4)oc4ccccc45)c4c(n3)oc3ccccc34)c21. The largest absolute Gasteiger partial charge is 0.456 e. The Morgan fingerprint density at radius 1 is 0.382 bits per heavy atom. The normalized spacial score (nSPS) is 12.4. The van der Waals surface area contributed by atoms with Gasteiger partial charge in [0, 0.05) is 43.3 Å². The fourth-order valence-electron chi connectivity index (χ4n) is 9.26. The molecule has 0 saturated carbocycles. The van der Waals surface area contributed by atoms with Gasteiger partial charge in [-0.15, -0.1) is 0 Å². The minimum Gasteiger partial charge on any atom is -0.456 e. The van der Waals surface area contributed by atoms with Crippen LogP contribution in [0.25, 0.3) is 126 Å². The Kier molecular flexibility index (Phi) is 5.57. The van der Waals surface area contributed by atoms with Gasteiger partial charge in [0.2, 0.25) is 11.7 Å². The quantitative estimate of drug-likeness (QED) is 0.168. The molecule has 0 saturated heterocycles. The van der Waals surface area contributed by atoms with Gasteiger partial charge in [-0.1, -0.05) is 133 Å². The van der Waals surface area contributed by atoms with E-state index in [9.17, 15) is 0 Å². The molecule has 4 aromatic heterocycles. The van der Waals surface area contributed by atoms with Crippen molar-refractivity contribution in [2.75, 3.05) is 0 Å². The monoisotopic (exact) mass is 701 g/mol. The fourth-order valence-corrected chi connectivity index (χ4v) is 9.26. The molecule has 9 aromatic carbocycles. The van der Waals surface area contributed by atoms with Crippen molar-refractivity contribution in [3.05, 3.63) is 164 Å². The number of rotatable bonds is 2. The number of furan rings is 2. The lowest BCUT2D eigenvalue weighted by molar-refractivity contribution is 0.651. The molecule has 0 bridgehead atoms. The lowest BCUT2D eigenvalue weighted by atomic mass is 9.91. The van der Waals surface area contributed by atoms with Gasteiger partial charge in [0.05, 0.1) is 22.1 Å². The number of benzene rings is 9. The zero-order valence-corrected chi connectivity index (χ0v) is 29.2. The van der Waals surface area contributed by atoms with Gasteiger partial charge in [0.15, 0.2) is 0 Å². The van der Waals surface area contributed by atoms with E-state index in [1.165, 1.54) is 37.7 Å². The van der Waals surface area contributed by atoms with Crippen LogP contribution in [0.2, 0.25) is 0 Å². The van der Waals surface area contributed by atoms with Crippen molar-refractivity contribution in [2.24, 2.45) is 0 Å². The highest BCUT2D eigenvalue weighted by Crippen LogP contribution is 2.45. The first kappa shape index (κ1) is 29.0. The Morgan fingerprint density at radius 3 is 1.76 bits per heavy atom. The molecule has 0 atom stereocenters. The second-order valence-electron chi connectivity index (χ2n) is 14.5. The van der Waals surface area contributed by atoms with Gasteiger partial charge in [0.1, 0.15) is 16.7 Å². The fraction of sp³-hybridized carbons (Fsp3) is 0. The standard InChI is InChI=1S/C50H27N3O2/c1-2-12-30-28(11-1)21-24-39-45-40(26-25-37-33-15-4-3-13-31(33)32-14-5-6-17-36(32)44(37)45)53(48(30)39)50-51-47(46-38-18-8-10-20-42(38)55-49(46)52-50)29-22-23-35-34-16-7-9-19-41(34)54-43(35)27-29/h1-27H. The molecule has 4 heterocycles. The number of fused-ring (bicyclic) bond motifs is 18. The summed E-state index contributed by atoms with van der Waals surface area (Å²) in [4.78, 5) is 10.8. The van der Waals surface area contributed by atoms with Crippen LogP contribution in [0.4, 0.5) is 0 Å². The average molecular weight is 702 g/mol. The molecule has 0 fully saturated rings. The summed E-state index contributed by atoms with van der Waals surface area (Å²) in [7, 11) is 0. The Labute approximate surface area is 312 Å². The van der Waals surface area contributed by atoms with Crippen LogP contribution in [-0.2, 0) is 0 Å². The van der Waals surface area contributed by atoms with Crippen molar-refractivity contribution in [1.82, 2.24) is 14.5 Å². The Hall–Kier alpha value is -7.50. The molecule has 13 rings (SSSR count). The van der Waals surface area contributed by atoms with Crippen molar-refractivity contribution < 1.29 is 8.83 Å². The number of hydrogen-bond acceptors (Lipinski definition) is 4. The van der Waals surface area contributed by atoms with Crippen LogP contribution in [-0.4, -0.2) is 14.5 Å². The number of hydrogen-bond donors (Lipinski definition) is 0. The lowest BCUT2D eigenvalue weighted by Gasteiger charge is -2.13. The number of para-hydroxylation sites is 2. The van der Waals surface area contributed by atoms with Gasteiger partial charge >= 0.3 is 0 Å². The molecule has 254 valence electrons. The summed E-state index contributed by atoms with van der Waals surface area (Å²) in [5.74, 6) is 0.548. The first-order valence-electron chi connectivity index (χ1n) is 18.6. The number of nitrogens with zero attached hydrogens (tertiary/aromatic N) is 3. The summed E-state index contributed by atoms with van der Waals surface area (Å²) in [6, 6.07) is 57.9. The predicted molar refractivity (Wildman–Crippen MR) is 226 cm³/mol. The summed E-state index contributed by atoms with van der Waals surface area (Å²) in [6.07, 6.45) is 0. The van der Waals surface area contributed by atoms with Crippen LogP contribution in [0.3, 0.4) is 0 Å². The van der Waals surface area contributed by atoms with Crippen molar-refractivity contribution in [2.45, 2.75) is 0 Å². The molecule has 5 nitrogen and oxygen atoms in total. The average Bonchev–Trinajstić information content (AvgIpc) is 3.92. The second-order valence-corrected chi connectivity index (χ2v) is 14.5. The zero-order valence-electron chi connectivity index (χ0n) is 29.2. The summed E-state index contributed by atoms with van der Waals surface area (Å²) in [5.41, 5.74) is 6.81. The molecule has 5 heteroatoms. The van der Waals surface area contributed by atoms with E-state index < -0.39 is 0 Å². The molecule has 0 N–H and O–H groups in total. The van der Waals surface area contributed by atoms with Gasteiger partial charge < -0.3 is 8.83 Å². The molecule has 0 unspecified atom stereocenters. The van der Waals surface area contributed by atoms with E-state index in [1.807, 2.05) is 36.4 Å². The van der Waals surface area contributed by atoms with Crippen LogP contribution < -0.4 is 0 Å². The molecular formula is C50H27N3O2. The van der Waals surface area contributed by atoms with Crippen LogP contribution in [0, 0.1) is 0 Å². The molecule has 0 amide bonds. The highest BCUT2D eigenvalue weighted by molar-refractivity contribution is 6.36. The molecular weight excluding hydrogens is 675 g/mol. The molecule has 0 aliphatic rings. The van der Waals surface area contributed by atoms with Crippen LogP contribution in [0.15, 0.2) is 173 Å². The van der Waals surface area contributed by atoms with Crippen LogP contribution >= 0.6 is 0 Å². The summed E-state index contributed by atoms with van der Waals surface area (Å²) >= 11 is 0. The van der Waals surface area contributed by atoms with Gasteiger partial charge in [0.25, 0.3) is 0 Å². The van der Waals surface area contributed by atoms with Gasteiger partial charge in [-0.3, -0.25) is 4.57 Å². The first-order chi connectivity index (χ1) is 27.3. The highest BCUT2D eigenvalue weighted by Gasteiger charge is 2.24. The zero-order chi connectivity index (χ0) is 35.8. The van der Waals surface area contributed by atoms with Gasteiger partial charge in [-0.05, 0) is 62.6 Å². The third-order valence-corrected chi connectivity index (χ3v) is 11.6. The van der Waals surface area contributed by atoms with E-state index in [-0.39, 0.29) is 0 Å². The highest BCUT2D eigenvalue weighted by atomic mass is 16.3. The summed E-state index contributed by atoms with van der Waals surface area (Å²) in [5, 5.41) is 16.0. The molecule has 55 heavy (non-hydrogen) atoms.